The van der Waals surface area contributed by atoms with Gasteiger partial charge in [0.25, 0.3) is 15.9 Å². The SMILES string of the molecule is CCOc1nn(CC)cc1S(=O)(=O)N1C[C@H](CCC(=O)O)Oc2ccc(/C=C/c3c(Cl)cccc3C(F)(F)F)cc21. The lowest BCUT2D eigenvalue weighted by atomic mass is 10.0. The Kier molecular flexibility index (Phi) is 8.88. The monoisotopic (exact) mass is 613 g/mol. The van der Waals surface area contributed by atoms with Crippen molar-refractivity contribution in [2.45, 2.75) is 50.4 Å². The number of anilines is 1. The van der Waals surface area contributed by atoms with Gasteiger partial charge < -0.3 is 14.6 Å². The van der Waals surface area contributed by atoms with Gasteiger partial charge in [0.2, 0.25) is 0 Å². The number of aliphatic carboxylic acids is 1. The fourth-order valence-electron chi connectivity index (χ4n) is 4.31. The Balaban J connectivity index is 1.79. The van der Waals surface area contributed by atoms with E-state index < -0.39 is 33.8 Å². The van der Waals surface area contributed by atoms with Crippen molar-refractivity contribution >= 4 is 45.4 Å². The number of ether oxygens (including phenoxy) is 2. The van der Waals surface area contributed by atoms with Gasteiger partial charge in [0.1, 0.15) is 11.9 Å². The molecule has 1 aromatic heterocycles. The molecule has 0 saturated carbocycles. The van der Waals surface area contributed by atoms with Crippen LogP contribution in [0.2, 0.25) is 5.02 Å². The Morgan fingerprint density at radius 3 is 2.66 bits per heavy atom. The summed E-state index contributed by atoms with van der Waals surface area (Å²) in [4.78, 5) is 11.0. The Morgan fingerprint density at radius 2 is 2.00 bits per heavy atom. The Labute approximate surface area is 239 Å². The zero-order valence-corrected chi connectivity index (χ0v) is 23.6. The molecule has 0 bridgehead atoms. The van der Waals surface area contributed by atoms with Crippen molar-refractivity contribution in [3.8, 4) is 11.6 Å². The molecule has 4 rings (SSSR count). The van der Waals surface area contributed by atoms with Gasteiger partial charge in [0, 0.05) is 29.7 Å². The van der Waals surface area contributed by atoms with Crippen LogP contribution in [-0.2, 0) is 27.5 Å². The van der Waals surface area contributed by atoms with E-state index in [4.69, 9.17) is 26.2 Å². The molecule has 0 unspecified atom stereocenters. The minimum absolute atomic E-state index is 0.0434. The number of aryl methyl sites for hydroxylation is 1. The molecule has 0 fully saturated rings. The molecular formula is C27H27ClF3N3O6S. The van der Waals surface area contributed by atoms with E-state index in [0.717, 1.165) is 10.4 Å². The second-order valence-electron chi connectivity index (χ2n) is 9.05. The molecule has 0 spiro atoms. The first-order valence-electron chi connectivity index (χ1n) is 12.6. The standard InChI is InChI=1S/C27H27ClF3N3O6S/c1-3-33-16-24(26(32-33)39-4-2)41(37,38)34-15-18(10-13-25(35)36)40-23-12-9-17(14-22(23)34)8-11-19-20(27(29,30)31)6-5-7-21(19)28/h5-9,11-12,14,16,18H,3-4,10,13,15H2,1-2H3,(H,35,36)/b11-8+/t18-/m0/s1. The second kappa shape index (κ2) is 12.0. The summed E-state index contributed by atoms with van der Waals surface area (Å²) < 4.78 is 82.6. The number of aromatic nitrogens is 2. The van der Waals surface area contributed by atoms with E-state index in [9.17, 15) is 26.4 Å². The number of hydrogen-bond acceptors (Lipinski definition) is 6. The fourth-order valence-corrected chi connectivity index (χ4v) is 6.12. The number of halogens is 4. The third-order valence-electron chi connectivity index (χ3n) is 6.27. The molecule has 1 N–H and O–H groups in total. The van der Waals surface area contributed by atoms with Crippen molar-refractivity contribution in [2.24, 2.45) is 0 Å². The minimum atomic E-state index is -4.63. The van der Waals surface area contributed by atoms with E-state index in [1.54, 1.807) is 19.9 Å². The van der Waals surface area contributed by atoms with Gasteiger partial charge in [-0.3, -0.25) is 13.8 Å². The van der Waals surface area contributed by atoms with E-state index in [-0.39, 0.29) is 58.8 Å². The van der Waals surface area contributed by atoms with Crippen LogP contribution in [0.4, 0.5) is 18.9 Å². The smallest absolute Gasteiger partial charge is 0.417 e. The van der Waals surface area contributed by atoms with Crippen molar-refractivity contribution < 1.29 is 41.0 Å². The molecule has 1 aliphatic heterocycles. The fraction of sp³-hybridized carbons (Fsp3) is 0.333. The molecule has 220 valence electrons. The highest BCUT2D eigenvalue weighted by molar-refractivity contribution is 7.93. The molecule has 14 heteroatoms. The summed E-state index contributed by atoms with van der Waals surface area (Å²) in [6, 6.07) is 7.97. The van der Waals surface area contributed by atoms with Crippen LogP contribution in [0.1, 0.15) is 43.4 Å². The molecule has 1 atom stereocenters. The maximum atomic E-state index is 14.0. The van der Waals surface area contributed by atoms with Crippen LogP contribution in [0.15, 0.2) is 47.5 Å². The van der Waals surface area contributed by atoms with Crippen LogP contribution in [-0.4, -0.2) is 48.5 Å². The highest BCUT2D eigenvalue weighted by Crippen LogP contribution is 2.41. The number of sulfonamides is 1. The van der Waals surface area contributed by atoms with Crippen molar-refractivity contribution in [1.29, 1.82) is 0 Å². The first-order valence-corrected chi connectivity index (χ1v) is 14.5. The summed E-state index contributed by atoms with van der Waals surface area (Å²) in [5.41, 5.74) is -0.647. The number of fused-ring (bicyclic) bond motifs is 1. The molecule has 3 aromatic rings. The number of carbonyl (C=O) groups is 1. The number of nitrogens with zero attached hydrogens (tertiary/aromatic N) is 3. The van der Waals surface area contributed by atoms with Gasteiger partial charge in [-0.25, -0.2) is 8.42 Å². The first-order chi connectivity index (χ1) is 19.3. The summed E-state index contributed by atoms with van der Waals surface area (Å²) in [5.74, 6) is -0.976. The molecule has 0 aliphatic carbocycles. The molecule has 41 heavy (non-hydrogen) atoms. The zero-order chi connectivity index (χ0) is 29.9. The summed E-state index contributed by atoms with van der Waals surface area (Å²) in [7, 11) is -4.30. The van der Waals surface area contributed by atoms with Crippen LogP contribution in [0.25, 0.3) is 12.2 Å². The number of rotatable bonds is 10. The van der Waals surface area contributed by atoms with Gasteiger partial charge >= 0.3 is 12.1 Å². The lowest BCUT2D eigenvalue weighted by Gasteiger charge is -2.35. The number of carboxylic acid groups (broad SMARTS) is 1. The minimum Gasteiger partial charge on any atom is -0.486 e. The third kappa shape index (κ3) is 6.62. The highest BCUT2D eigenvalue weighted by Gasteiger charge is 2.38. The zero-order valence-electron chi connectivity index (χ0n) is 22.1. The Bertz CT molecular complexity index is 1570. The second-order valence-corrected chi connectivity index (χ2v) is 11.3. The molecule has 0 amide bonds. The maximum absolute atomic E-state index is 14.0. The van der Waals surface area contributed by atoms with Crippen LogP contribution in [0, 0.1) is 0 Å². The van der Waals surface area contributed by atoms with Crippen molar-refractivity contribution in [3.63, 3.8) is 0 Å². The molecule has 0 radical (unpaired) electrons. The third-order valence-corrected chi connectivity index (χ3v) is 8.36. The summed E-state index contributed by atoms with van der Waals surface area (Å²) in [5, 5.41) is 13.2. The Hall–Kier alpha value is -3.71. The normalized spacial score (nSPS) is 15.6. The van der Waals surface area contributed by atoms with Crippen molar-refractivity contribution in [1.82, 2.24) is 9.78 Å². The maximum Gasteiger partial charge on any atom is 0.417 e. The van der Waals surface area contributed by atoms with Crippen LogP contribution < -0.4 is 13.8 Å². The first kappa shape index (κ1) is 30.3. The van der Waals surface area contributed by atoms with Crippen LogP contribution >= 0.6 is 11.6 Å². The molecular weight excluding hydrogens is 587 g/mol. The van der Waals surface area contributed by atoms with Gasteiger partial charge in [-0.05, 0) is 50.1 Å². The number of hydrogen-bond donors (Lipinski definition) is 1. The lowest BCUT2D eigenvalue weighted by molar-refractivity contribution is -0.138. The summed E-state index contributed by atoms with van der Waals surface area (Å²) in [6.45, 7) is 3.82. The van der Waals surface area contributed by atoms with E-state index in [2.05, 4.69) is 5.10 Å². The average molecular weight is 614 g/mol. The molecule has 1 aliphatic rings. The van der Waals surface area contributed by atoms with E-state index >= 15 is 0 Å². The van der Waals surface area contributed by atoms with Gasteiger partial charge in [0.15, 0.2) is 4.90 Å². The largest absolute Gasteiger partial charge is 0.486 e. The number of benzene rings is 2. The number of alkyl halides is 3. The molecule has 0 saturated heterocycles. The van der Waals surface area contributed by atoms with E-state index in [1.807, 2.05) is 0 Å². The van der Waals surface area contributed by atoms with E-state index in [0.29, 0.717) is 12.1 Å². The van der Waals surface area contributed by atoms with Crippen LogP contribution in [0.5, 0.6) is 11.6 Å². The van der Waals surface area contributed by atoms with Gasteiger partial charge in [-0.1, -0.05) is 35.9 Å². The highest BCUT2D eigenvalue weighted by atomic mass is 35.5. The van der Waals surface area contributed by atoms with Crippen molar-refractivity contribution in [2.75, 3.05) is 17.5 Å². The molecule has 2 aromatic carbocycles. The van der Waals surface area contributed by atoms with Gasteiger partial charge in [-0.15, -0.1) is 5.10 Å². The van der Waals surface area contributed by atoms with E-state index in [1.165, 1.54) is 47.3 Å². The van der Waals surface area contributed by atoms with Gasteiger partial charge in [0.05, 0.1) is 24.4 Å². The van der Waals surface area contributed by atoms with Gasteiger partial charge in [-0.2, -0.15) is 13.2 Å². The quantitative estimate of drug-likeness (QED) is 0.281. The van der Waals surface area contributed by atoms with Crippen molar-refractivity contribution in [3.05, 3.63) is 64.3 Å². The molecule has 2 heterocycles. The topological polar surface area (TPSA) is 111 Å². The predicted octanol–water partition coefficient (Wildman–Crippen LogP) is 5.97. The molecule has 9 nitrogen and oxygen atoms in total. The summed E-state index contributed by atoms with van der Waals surface area (Å²) in [6.07, 6.45) is -1.66. The predicted molar refractivity (Wildman–Crippen MR) is 147 cm³/mol. The van der Waals surface area contributed by atoms with Crippen LogP contribution in [0.3, 0.4) is 0 Å². The lowest BCUT2D eigenvalue weighted by Crippen LogP contribution is -2.43. The Morgan fingerprint density at radius 1 is 1.24 bits per heavy atom. The summed E-state index contributed by atoms with van der Waals surface area (Å²) >= 11 is 6.07. The number of carboxylic acids is 1. The average Bonchev–Trinajstić information content (AvgIpc) is 3.34.